The molecular weight excluding hydrogens is 605 g/mol. The Morgan fingerprint density at radius 1 is 1.07 bits per heavy atom. The van der Waals surface area contributed by atoms with E-state index in [1.165, 1.54) is 32.6 Å². The molecule has 252 valence electrons. The number of aromatic nitrogens is 2. The Morgan fingerprint density at radius 3 is 2.07 bits per heavy atom. The number of carbonyl (C=O) groups excluding carboxylic acids is 4. The molecule has 1 fully saturated rings. The zero-order chi connectivity index (χ0) is 34.8. The molecule has 0 unspecified atom stereocenters. The molecule has 0 bridgehead atoms. The summed E-state index contributed by atoms with van der Waals surface area (Å²) < 4.78 is 42.5. The van der Waals surface area contributed by atoms with Crippen LogP contribution in [0.5, 0.6) is 0 Å². The van der Waals surface area contributed by atoms with Crippen LogP contribution in [-0.4, -0.2) is 103 Å². The van der Waals surface area contributed by atoms with E-state index in [1.54, 1.807) is 21.0 Å². The average Bonchev–Trinajstić information content (AvgIpc) is 3.34. The summed E-state index contributed by atoms with van der Waals surface area (Å²) in [4.78, 5) is 95.3. The number of halogens is 3. The van der Waals surface area contributed by atoms with Crippen molar-refractivity contribution in [2.75, 3.05) is 20.6 Å². The van der Waals surface area contributed by atoms with E-state index in [0.717, 1.165) is 11.1 Å². The minimum atomic E-state index is -5.46. The standard InChI is InChI=1S/C28H41F3N6O8/c1-15(2)21(22(41)28(29,30)31)37(26(45)35-10-8-9-17(35)5)24(43)27(32,16(3)4)19(38)13-36-23(42)18(11-33(6)7)12-34(25(36)44)14-20(39)40/h12,15-17,21H,8-11,13-14,32H2,1-7H3,(H,39,40)/t17-,21+,27-/m1/s1. The number of aliphatic carboxylic acids is 1. The van der Waals surface area contributed by atoms with Gasteiger partial charge in [0.05, 0.1) is 6.54 Å². The van der Waals surface area contributed by atoms with Crippen LogP contribution in [0, 0.1) is 11.8 Å². The van der Waals surface area contributed by atoms with Crippen LogP contribution in [0.3, 0.4) is 0 Å². The van der Waals surface area contributed by atoms with Gasteiger partial charge in [-0.05, 0) is 45.7 Å². The van der Waals surface area contributed by atoms with E-state index in [0.29, 0.717) is 22.0 Å². The maximum atomic E-state index is 14.3. The first-order valence-corrected chi connectivity index (χ1v) is 14.3. The van der Waals surface area contributed by atoms with E-state index < -0.39 is 89.4 Å². The number of alkyl halides is 3. The third kappa shape index (κ3) is 7.87. The van der Waals surface area contributed by atoms with E-state index >= 15 is 0 Å². The summed E-state index contributed by atoms with van der Waals surface area (Å²) >= 11 is 0. The fraction of sp³-hybridized carbons (Fsp3) is 0.679. The van der Waals surface area contributed by atoms with Crippen molar-refractivity contribution in [1.29, 1.82) is 0 Å². The van der Waals surface area contributed by atoms with Gasteiger partial charge in [0.25, 0.3) is 17.2 Å². The minimum absolute atomic E-state index is 0.0686. The number of Topliss-reactive ketones (excluding diaryl/α,β-unsaturated/α-hetero) is 2. The largest absolute Gasteiger partial charge is 0.480 e. The zero-order valence-corrected chi connectivity index (χ0v) is 26.4. The van der Waals surface area contributed by atoms with Gasteiger partial charge in [-0.15, -0.1) is 0 Å². The highest BCUT2D eigenvalue weighted by Crippen LogP contribution is 2.31. The number of likely N-dealkylation sites (tertiary alicyclic amines) is 1. The molecule has 0 aromatic carbocycles. The smallest absolute Gasteiger partial charge is 0.452 e. The number of amides is 3. The Hall–Kier alpha value is -3.86. The van der Waals surface area contributed by atoms with Gasteiger partial charge in [-0.25, -0.2) is 9.59 Å². The summed E-state index contributed by atoms with van der Waals surface area (Å²) in [5, 5.41) is 9.26. The van der Waals surface area contributed by atoms with Gasteiger partial charge in [-0.3, -0.25) is 38.0 Å². The van der Waals surface area contributed by atoms with Crippen molar-refractivity contribution in [3.8, 4) is 0 Å². The third-order valence-electron chi connectivity index (χ3n) is 7.81. The molecule has 0 aliphatic carbocycles. The van der Waals surface area contributed by atoms with Crippen molar-refractivity contribution >= 4 is 29.5 Å². The summed E-state index contributed by atoms with van der Waals surface area (Å²) in [5.74, 6) is -9.24. The SMILES string of the molecule is CC(C)[C@@H](C(=O)C(F)(F)F)N(C(=O)N1CCC[C@H]1C)C(=O)[C@](N)(C(=O)Cn1c(=O)c(CN(C)C)cn(CC(=O)O)c1=O)C(C)C. The molecule has 1 aliphatic heterocycles. The molecule has 17 heteroatoms. The lowest BCUT2D eigenvalue weighted by atomic mass is 9.80. The number of carboxylic acids is 1. The van der Waals surface area contributed by atoms with Crippen LogP contribution < -0.4 is 17.0 Å². The number of hydrogen-bond donors (Lipinski definition) is 2. The van der Waals surface area contributed by atoms with E-state index in [1.807, 2.05) is 0 Å². The number of imide groups is 1. The van der Waals surface area contributed by atoms with Crippen LogP contribution in [0.4, 0.5) is 18.0 Å². The molecule has 1 aliphatic rings. The van der Waals surface area contributed by atoms with Gasteiger partial charge < -0.3 is 20.6 Å². The number of urea groups is 1. The Bertz CT molecular complexity index is 1450. The number of nitrogens with zero attached hydrogens (tertiary/aromatic N) is 5. The van der Waals surface area contributed by atoms with E-state index in [4.69, 9.17) is 5.73 Å². The quantitative estimate of drug-likeness (QED) is 0.306. The van der Waals surface area contributed by atoms with E-state index in [9.17, 15) is 51.8 Å². The lowest BCUT2D eigenvalue weighted by Crippen LogP contribution is -2.70. The molecule has 0 saturated carbocycles. The van der Waals surface area contributed by atoms with Crippen molar-refractivity contribution in [3.05, 3.63) is 32.6 Å². The fourth-order valence-corrected chi connectivity index (χ4v) is 5.30. The molecule has 3 amide bonds. The first-order valence-electron chi connectivity index (χ1n) is 14.3. The predicted molar refractivity (Wildman–Crippen MR) is 154 cm³/mol. The lowest BCUT2D eigenvalue weighted by molar-refractivity contribution is -0.179. The van der Waals surface area contributed by atoms with Crippen molar-refractivity contribution in [1.82, 2.24) is 23.8 Å². The molecule has 0 radical (unpaired) electrons. The summed E-state index contributed by atoms with van der Waals surface area (Å²) in [6.45, 7) is 4.51. The van der Waals surface area contributed by atoms with Crippen molar-refractivity contribution in [2.24, 2.45) is 17.6 Å². The van der Waals surface area contributed by atoms with Crippen LogP contribution in [0.25, 0.3) is 0 Å². The summed E-state index contributed by atoms with van der Waals surface area (Å²) in [7, 11) is 3.17. The van der Waals surface area contributed by atoms with Gasteiger partial charge in [-0.1, -0.05) is 27.7 Å². The van der Waals surface area contributed by atoms with E-state index in [-0.39, 0.29) is 23.6 Å². The van der Waals surface area contributed by atoms with Gasteiger partial charge in [0.2, 0.25) is 0 Å². The lowest BCUT2D eigenvalue weighted by Gasteiger charge is -2.41. The highest BCUT2D eigenvalue weighted by atomic mass is 19.4. The molecule has 45 heavy (non-hydrogen) atoms. The molecule has 1 aromatic heterocycles. The number of carbonyl (C=O) groups is 5. The summed E-state index contributed by atoms with van der Waals surface area (Å²) in [6.07, 6.45) is -3.49. The van der Waals surface area contributed by atoms with Crippen LogP contribution in [-0.2, 0) is 38.8 Å². The topological polar surface area (TPSA) is 185 Å². The van der Waals surface area contributed by atoms with Gasteiger partial charge in [-0.2, -0.15) is 13.2 Å². The Morgan fingerprint density at radius 2 is 1.64 bits per heavy atom. The van der Waals surface area contributed by atoms with Crippen molar-refractivity contribution < 1.29 is 42.3 Å². The monoisotopic (exact) mass is 646 g/mol. The Balaban J connectivity index is 2.78. The van der Waals surface area contributed by atoms with Gasteiger partial charge in [0.15, 0.2) is 11.3 Å². The minimum Gasteiger partial charge on any atom is -0.480 e. The molecule has 2 rings (SSSR count). The maximum Gasteiger partial charge on any atom is 0.452 e. The maximum absolute atomic E-state index is 14.3. The second-order valence-electron chi connectivity index (χ2n) is 12.2. The number of carboxylic acid groups (broad SMARTS) is 1. The molecule has 14 nitrogen and oxygen atoms in total. The fourth-order valence-electron chi connectivity index (χ4n) is 5.30. The molecule has 2 heterocycles. The second-order valence-corrected chi connectivity index (χ2v) is 12.2. The number of rotatable bonds is 12. The highest BCUT2D eigenvalue weighted by molar-refractivity contribution is 6.16. The van der Waals surface area contributed by atoms with Gasteiger partial charge in [0, 0.05) is 30.9 Å². The van der Waals surface area contributed by atoms with Crippen LogP contribution in [0.2, 0.25) is 0 Å². The zero-order valence-electron chi connectivity index (χ0n) is 26.4. The average molecular weight is 647 g/mol. The van der Waals surface area contributed by atoms with Crippen LogP contribution in [0.15, 0.2) is 15.8 Å². The molecule has 0 spiro atoms. The highest BCUT2D eigenvalue weighted by Gasteiger charge is 2.56. The Labute approximate surface area is 257 Å². The van der Waals surface area contributed by atoms with Crippen molar-refractivity contribution in [3.63, 3.8) is 0 Å². The molecule has 1 aromatic rings. The Kier molecular flexibility index (Phi) is 11.7. The van der Waals surface area contributed by atoms with Crippen LogP contribution >= 0.6 is 0 Å². The molecule has 3 N–H and O–H groups in total. The van der Waals surface area contributed by atoms with Crippen molar-refractivity contribution in [2.45, 2.75) is 90.9 Å². The summed E-state index contributed by atoms with van der Waals surface area (Å²) in [5.41, 5.74) is 1.30. The molecule has 1 saturated heterocycles. The number of nitrogens with two attached hydrogens (primary N) is 1. The number of ketones is 2. The normalized spacial score (nSPS) is 17.5. The third-order valence-corrected chi connectivity index (χ3v) is 7.81. The van der Waals surface area contributed by atoms with E-state index in [2.05, 4.69) is 0 Å². The van der Waals surface area contributed by atoms with Gasteiger partial charge >= 0.3 is 23.9 Å². The second kappa shape index (κ2) is 14.1. The van der Waals surface area contributed by atoms with Crippen LogP contribution in [0.1, 0.15) is 53.0 Å². The number of hydrogen-bond acceptors (Lipinski definition) is 9. The van der Waals surface area contributed by atoms with Gasteiger partial charge in [0.1, 0.15) is 12.6 Å². The molecule has 3 atom stereocenters. The summed E-state index contributed by atoms with van der Waals surface area (Å²) in [6, 6.07) is -4.13. The predicted octanol–water partition coefficient (Wildman–Crippen LogP) is 0.668. The first kappa shape index (κ1) is 37.3. The molecular formula is C28H41F3N6O8. The first-order chi connectivity index (χ1) is 20.6.